The average Bonchev–Trinajstić information content (AvgIpc) is 2.95. The van der Waals surface area contributed by atoms with E-state index < -0.39 is 5.97 Å². The SMILES string of the molecule is CCC(C)(C)c1ccc(OCc2nc(-c3ccc(OC)cc3OCc3ccccc3)ccc2C(=O)O)cc1. The minimum atomic E-state index is -1.06. The van der Waals surface area contributed by atoms with Gasteiger partial charge >= 0.3 is 5.97 Å². The Bertz CT molecular complexity index is 1380. The van der Waals surface area contributed by atoms with Gasteiger partial charge in [0.2, 0.25) is 0 Å². The molecule has 0 aliphatic rings. The number of carboxylic acid groups (broad SMARTS) is 1. The third-order valence-corrected chi connectivity index (χ3v) is 6.80. The number of rotatable bonds is 11. The van der Waals surface area contributed by atoms with Crippen molar-refractivity contribution >= 4 is 5.97 Å². The molecule has 1 heterocycles. The van der Waals surface area contributed by atoms with Gasteiger partial charge in [-0.1, -0.05) is 63.2 Å². The maximum absolute atomic E-state index is 11.9. The zero-order valence-electron chi connectivity index (χ0n) is 22.2. The minimum Gasteiger partial charge on any atom is -0.497 e. The molecule has 6 heteroatoms. The lowest BCUT2D eigenvalue weighted by atomic mass is 9.82. The zero-order chi connectivity index (χ0) is 27.1. The van der Waals surface area contributed by atoms with E-state index >= 15 is 0 Å². The molecule has 0 atom stereocenters. The molecule has 0 bridgehead atoms. The van der Waals surface area contributed by atoms with Gasteiger partial charge in [0, 0.05) is 11.6 Å². The van der Waals surface area contributed by atoms with Crippen molar-refractivity contribution in [1.82, 2.24) is 4.98 Å². The summed E-state index contributed by atoms with van der Waals surface area (Å²) in [4.78, 5) is 16.6. The predicted octanol–water partition coefficient (Wildman–Crippen LogP) is 7.30. The summed E-state index contributed by atoms with van der Waals surface area (Å²) in [6.45, 7) is 6.96. The first kappa shape index (κ1) is 26.7. The topological polar surface area (TPSA) is 77.9 Å². The Morgan fingerprint density at radius 3 is 2.24 bits per heavy atom. The normalized spacial score (nSPS) is 11.2. The number of benzene rings is 3. The van der Waals surface area contributed by atoms with E-state index in [4.69, 9.17) is 19.2 Å². The maximum Gasteiger partial charge on any atom is 0.337 e. The van der Waals surface area contributed by atoms with Gasteiger partial charge < -0.3 is 19.3 Å². The quantitative estimate of drug-likeness (QED) is 0.228. The molecule has 4 aromatic rings. The molecule has 0 saturated heterocycles. The van der Waals surface area contributed by atoms with Crippen LogP contribution in [-0.4, -0.2) is 23.2 Å². The number of methoxy groups -OCH3 is 1. The summed E-state index contributed by atoms with van der Waals surface area (Å²) in [6, 6.07) is 26.5. The second kappa shape index (κ2) is 11.8. The molecular weight excluding hydrogens is 478 g/mol. The Balaban J connectivity index is 1.61. The van der Waals surface area contributed by atoms with E-state index in [1.165, 1.54) is 5.56 Å². The van der Waals surface area contributed by atoms with Crippen LogP contribution in [0.2, 0.25) is 0 Å². The van der Waals surface area contributed by atoms with E-state index in [0.717, 1.165) is 17.5 Å². The van der Waals surface area contributed by atoms with Crippen LogP contribution in [0.1, 0.15) is 54.4 Å². The highest BCUT2D eigenvalue weighted by Gasteiger charge is 2.19. The number of ether oxygens (including phenoxy) is 3. The second-order valence-electron chi connectivity index (χ2n) is 9.68. The number of nitrogens with zero attached hydrogens (tertiary/aromatic N) is 1. The van der Waals surface area contributed by atoms with Crippen LogP contribution in [0.15, 0.2) is 84.9 Å². The number of carboxylic acids is 1. The summed E-state index contributed by atoms with van der Waals surface area (Å²) in [5, 5.41) is 9.77. The van der Waals surface area contributed by atoms with Crippen molar-refractivity contribution < 1.29 is 24.1 Å². The summed E-state index contributed by atoms with van der Waals surface area (Å²) in [5.41, 5.74) is 4.06. The van der Waals surface area contributed by atoms with Crippen molar-refractivity contribution in [2.75, 3.05) is 7.11 Å². The van der Waals surface area contributed by atoms with E-state index in [1.807, 2.05) is 54.6 Å². The van der Waals surface area contributed by atoms with E-state index in [1.54, 1.807) is 25.3 Å². The highest BCUT2D eigenvalue weighted by molar-refractivity contribution is 5.89. The summed E-state index contributed by atoms with van der Waals surface area (Å²) in [5.74, 6) is 0.834. The minimum absolute atomic E-state index is 0.0162. The van der Waals surface area contributed by atoms with Crippen molar-refractivity contribution in [1.29, 1.82) is 0 Å². The van der Waals surface area contributed by atoms with Crippen LogP contribution < -0.4 is 14.2 Å². The van der Waals surface area contributed by atoms with E-state index in [2.05, 4.69) is 32.9 Å². The number of carbonyl (C=O) groups is 1. The molecule has 1 N–H and O–H groups in total. The van der Waals surface area contributed by atoms with Crippen LogP contribution in [0.3, 0.4) is 0 Å². The fourth-order valence-corrected chi connectivity index (χ4v) is 4.01. The maximum atomic E-state index is 11.9. The Hall–Kier alpha value is -4.32. The van der Waals surface area contributed by atoms with Gasteiger partial charge in [0.15, 0.2) is 0 Å². The van der Waals surface area contributed by atoms with Gasteiger partial charge in [0.1, 0.15) is 30.5 Å². The highest BCUT2D eigenvalue weighted by Crippen LogP contribution is 2.34. The zero-order valence-corrected chi connectivity index (χ0v) is 22.2. The van der Waals surface area contributed by atoms with Crippen LogP contribution >= 0.6 is 0 Å². The number of hydrogen-bond donors (Lipinski definition) is 1. The molecule has 196 valence electrons. The van der Waals surface area contributed by atoms with Crippen LogP contribution in [0.5, 0.6) is 17.2 Å². The molecule has 0 unspecified atom stereocenters. The van der Waals surface area contributed by atoms with Gasteiger partial charge in [-0.25, -0.2) is 9.78 Å². The molecule has 0 radical (unpaired) electrons. The average molecular weight is 512 g/mol. The molecule has 3 aromatic carbocycles. The van der Waals surface area contributed by atoms with Crippen molar-refractivity contribution in [3.05, 3.63) is 107 Å². The predicted molar refractivity (Wildman–Crippen MR) is 148 cm³/mol. The van der Waals surface area contributed by atoms with Crippen LogP contribution in [0.4, 0.5) is 0 Å². The first-order valence-corrected chi connectivity index (χ1v) is 12.6. The summed E-state index contributed by atoms with van der Waals surface area (Å²) < 4.78 is 17.5. The molecule has 0 fully saturated rings. The fraction of sp³-hybridized carbons (Fsp3) is 0.250. The molecule has 6 nitrogen and oxygen atoms in total. The molecule has 4 rings (SSSR count). The Labute approximate surface area is 223 Å². The number of pyridine rings is 1. The lowest BCUT2D eigenvalue weighted by Gasteiger charge is -2.23. The van der Waals surface area contributed by atoms with E-state index in [9.17, 15) is 9.90 Å². The molecule has 0 saturated carbocycles. The van der Waals surface area contributed by atoms with Gasteiger partial charge in [-0.3, -0.25) is 0 Å². The van der Waals surface area contributed by atoms with Crippen molar-refractivity contribution in [3.8, 4) is 28.5 Å². The van der Waals surface area contributed by atoms with Gasteiger partial charge in [-0.05, 0) is 59.4 Å². The summed E-state index contributed by atoms with van der Waals surface area (Å²) in [7, 11) is 1.60. The van der Waals surface area contributed by atoms with Gasteiger partial charge in [0.05, 0.1) is 24.1 Å². The van der Waals surface area contributed by atoms with Gasteiger partial charge in [-0.2, -0.15) is 0 Å². The Morgan fingerprint density at radius 1 is 0.868 bits per heavy atom. The van der Waals surface area contributed by atoms with Crippen molar-refractivity contribution in [3.63, 3.8) is 0 Å². The Kier molecular flexibility index (Phi) is 8.31. The number of aromatic nitrogens is 1. The lowest BCUT2D eigenvalue weighted by molar-refractivity contribution is 0.0693. The molecule has 0 aliphatic heterocycles. The van der Waals surface area contributed by atoms with Crippen LogP contribution in [-0.2, 0) is 18.6 Å². The molecular formula is C32H33NO5. The van der Waals surface area contributed by atoms with Crippen molar-refractivity contribution in [2.45, 2.75) is 45.8 Å². The van der Waals surface area contributed by atoms with Gasteiger partial charge in [-0.15, -0.1) is 0 Å². The highest BCUT2D eigenvalue weighted by atomic mass is 16.5. The standard InChI is InChI=1S/C32H33NO5/c1-5-32(2,3)23-11-13-24(14-12-23)37-21-29-27(31(34)35)17-18-28(33-29)26-16-15-25(36-4)19-30(26)38-20-22-9-7-6-8-10-22/h6-19H,5,20-21H2,1-4H3,(H,34,35). The van der Waals surface area contributed by atoms with E-state index in [0.29, 0.717) is 35.2 Å². The number of hydrogen-bond acceptors (Lipinski definition) is 5. The lowest BCUT2D eigenvalue weighted by Crippen LogP contribution is -2.15. The third kappa shape index (κ3) is 6.32. The monoisotopic (exact) mass is 511 g/mol. The third-order valence-electron chi connectivity index (χ3n) is 6.80. The van der Waals surface area contributed by atoms with Gasteiger partial charge in [0.25, 0.3) is 0 Å². The van der Waals surface area contributed by atoms with E-state index in [-0.39, 0.29) is 17.6 Å². The molecule has 38 heavy (non-hydrogen) atoms. The summed E-state index contributed by atoms with van der Waals surface area (Å²) in [6.07, 6.45) is 1.02. The Morgan fingerprint density at radius 2 is 1.58 bits per heavy atom. The second-order valence-corrected chi connectivity index (χ2v) is 9.68. The first-order chi connectivity index (χ1) is 18.3. The first-order valence-electron chi connectivity index (χ1n) is 12.6. The van der Waals surface area contributed by atoms with Crippen LogP contribution in [0, 0.1) is 0 Å². The fourth-order valence-electron chi connectivity index (χ4n) is 4.01. The molecule has 0 amide bonds. The molecule has 1 aromatic heterocycles. The smallest absolute Gasteiger partial charge is 0.337 e. The van der Waals surface area contributed by atoms with Crippen LogP contribution in [0.25, 0.3) is 11.3 Å². The molecule has 0 spiro atoms. The summed E-state index contributed by atoms with van der Waals surface area (Å²) >= 11 is 0. The van der Waals surface area contributed by atoms with Crippen molar-refractivity contribution in [2.24, 2.45) is 0 Å². The molecule has 0 aliphatic carbocycles. The largest absolute Gasteiger partial charge is 0.497 e. The number of aromatic carboxylic acids is 1.